The minimum Gasteiger partial charge on any atom is -0.361 e. The molecule has 2 N–H and O–H groups in total. The number of rotatable bonds is 4. The molecule has 1 atom stereocenters. The maximum atomic E-state index is 13.4. The zero-order valence-electron chi connectivity index (χ0n) is 9.68. The maximum absolute atomic E-state index is 13.4. The van der Waals surface area contributed by atoms with E-state index >= 15 is 0 Å². The summed E-state index contributed by atoms with van der Waals surface area (Å²) < 4.78 is 33.0. The molecular weight excluding hydrogens is 242 g/mol. The van der Waals surface area contributed by atoms with Crippen molar-refractivity contribution in [3.63, 3.8) is 0 Å². The van der Waals surface area contributed by atoms with Gasteiger partial charge < -0.3 is 10.5 Å². The molecule has 0 amide bonds. The molecule has 0 bridgehead atoms. The molecule has 7 heteroatoms. The lowest BCUT2D eigenvalue weighted by atomic mass is 10.2. The molecule has 0 spiro atoms. The van der Waals surface area contributed by atoms with Crippen LogP contribution in [0.4, 0.5) is 8.78 Å². The van der Waals surface area contributed by atoms with Crippen molar-refractivity contribution in [3.05, 3.63) is 47.3 Å². The third kappa shape index (κ3) is 2.52. The van der Waals surface area contributed by atoms with Gasteiger partial charge in [0.25, 0.3) is 0 Å². The summed E-state index contributed by atoms with van der Waals surface area (Å²) in [6, 6.07) is 3.69. The summed E-state index contributed by atoms with van der Waals surface area (Å²) >= 11 is 0. The monoisotopic (exact) mass is 254 g/mol. The van der Waals surface area contributed by atoms with Crippen molar-refractivity contribution in [2.24, 2.45) is 5.73 Å². The van der Waals surface area contributed by atoms with Gasteiger partial charge >= 0.3 is 0 Å². The van der Waals surface area contributed by atoms with Gasteiger partial charge in [0.1, 0.15) is 17.3 Å². The second-order valence-corrected chi connectivity index (χ2v) is 3.70. The summed E-state index contributed by atoms with van der Waals surface area (Å²) in [7, 11) is 1.43. The first-order chi connectivity index (χ1) is 8.61. The molecule has 0 aliphatic rings. The first-order valence-electron chi connectivity index (χ1n) is 5.23. The summed E-state index contributed by atoms with van der Waals surface area (Å²) in [6.07, 6.45) is 0.782. The zero-order chi connectivity index (χ0) is 13.1. The summed E-state index contributed by atoms with van der Waals surface area (Å²) in [5.41, 5.74) is 5.90. The molecule has 2 rings (SSSR count). The smallest absolute Gasteiger partial charge is 0.151 e. The van der Waals surface area contributed by atoms with Crippen molar-refractivity contribution in [1.82, 2.24) is 15.0 Å². The van der Waals surface area contributed by atoms with Crippen LogP contribution >= 0.6 is 0 Å². The lowest BCUT2D eigenvalue weighted by Crippen LogP contribution is -2.12. The van der Waals surface area contributed by atoms with E-state index < -0.39 is 17.9 Å². The lowest BCUT2D eigenvalue weighted by molar-refractivity contribution is 0.105. The highest BCUT2D eigenvalue weighted by atomic mass is 19.1. The highest BCUT2D eigenvalue weighted by Crippen LogP contribution is 2.14. The van der Waals surface area contributed by atoms with Crippen LogP contribution in [-0.4, -0.2) is 22.1 Å². The summed E-state index contributed by atoms with van der Waals surface area (Å²) in [6.45, 7) is -0.0536. The molecule has 1 heterocycles. The summed E-state index contributed by atoms with van der Waals surface area (Å²) in [4.78, 5) is 0. The van der Waals surface area contributed by atoms with Gasteiger partial charge in [-0.25, -0.2) is 13.5 Å². The van der Waals surface area contributed by atoms with Crippen LogP contribution in [0.5, 0.6) is 0 Å². The van der Waals surface area contributed by atoms with Crippen molar-refractivity contribution < 1.29 is 13.5 Å². The first kappa shape index (κ1) is 12.6. The van der Waals surface area contributed by atoms with E-state index in [9.17, 15) is 8.78 Å². The number of nitrogens with two attached hydrogens (primary N) is 1. The van der Waals surface area contributed by atoms with Gasteiger partial charge in [0.05, 0.1) is 12.7 Å². The molecule has 96 valence electrons. The van der Waals surface area contributed by atoms with Crippen LogP contribution in [0.25, 0.3) is 0 Å². The molecule has 0 radical (unpaired) electrons. The average Bonchev–Trinajstić information content (AvgIpc) is 2.81. The molecule has 1 aromatic heterocycles. The maximum Gasteiger partial charge on any atom is 0.151 e. The quantitative estimate of drug-likeness (QED) is 0.833. The molecule has 0 fully saturated rings. The zero-order valence-corrected chi connectivity index (χ0v) is 9.68. The Bertz CT molecular complexity index is 523. The van der Waals surface area contributed by atoms with Crippen LogP contribution < -0.4 is 5.73 Å². The SMILES string of the molecule is CO[C@@H](N)c1cn(Cc2c(F)cccc2F)nn1. The fourth-order valence-electron chi connectivity index (χ4n) is 1.49. The van der Waals surface area contributed by atoms with Crippen molar-refractivity contribution in [1.29, 1.82) is 0 Å². The van der Waals surface area contributed by atoms with Crippen LogP contribution in [0, 0.1) is 11.6 Å². The highest BCUT2D eigenvalue weighted by Gasteiger charge is 2.13. The van der Waals surface area contributed by atoms with Crippen molar-refractivity contribution >= 4 is 0 Å². The van der Waals surface area contributed by atoms with Gasteiger partial charge in [-0.2, -0.15) is 0 Å². The van der Waals surface area contributed by atoms with Crippen LogP contribution in [0.2, 0.25) is 0 Å². The van der Waals surface area contributed by atoms with E-state index in [0.29, 0.717) is 5.69 Å². The van der Waals surface area contributed by atoms with E-state index in [-0.39, 0.29) is 12.1 Å². The highest BCUT2D eigenvalue weighted by molar-refractivity contribution is 5.19. The minimum absolute atomic E-state index is 0.0536. The van der Waals surface area contributed by atoms with E-state index in [0.717, 1.165) is 0 Å². The molecule has 0 aliphatic heterocycles. The Hall–Kier alpha value is -1.86. The predicted octanol–water partition coefficient (Wildman–Crippen LogP) is 1.21. The number of aromatic nitrogens is 3. The molecule has 5 nitrogen and oxygen atoms in total. The summed E-state index contributed by atoms with van der Waals surface area (Å²) in [5, 5.41) is 7.50. The van der Waals surface area contributed by atoms with Crippen LogP contribution in [0.1, 0.15) is 17.5 Å². The largest absolute Gasteiger partial charge is 0.361 e. The van der Waals surface area contributed by atoms with Gasteiger partial charge in [0.15, 0.2) is 6.23 Å². The van der Waals surface area contributed by atoms with E-state index in [1.807, 2.05) is 0 Å². The Morgan fingerprint density at radius 1 is 1.39 bits per heavy atom. The van der Waals surface area contributed by atoms with Gasteiger partial charge in [0.2, 0.25) is 0 Å². The number of halogens is 2. The average molecular weight is 254 g/mol. The molecule has 0 aliphatic carbocycles. The van der Waals surface area contributed by atoms with E-state index in [2.05, 4.69) is 10.3 Å². The Balaban J connectivity index is 2.21. The lowest BCUT2D eigenvalue weighted by Gasteiger charge is -2.05. The van der Waals surface area contributed by atoms with Crippen LogP contribution in [-0.2, 0) is 11.3 Å². The fraction of sp³-hybridized carbons (Fsp3) is 0.273. The third-order valence-corrected chi connectivity index (χ3v) is 2.48. The van der Waals surface area contributed by atoms with E-state index in [1.54, 1.807) is 0 Å². The van der Waals surface area contributed by atoms with Gasteiger partial charge in [-0.05, 0) is 12.1 Å². The molecule has 18 heavy (non-hydrogen) atoms. The van der Waals surface area contributed by atoms with E-state index in [1.165, 1.54) is 36.2 Å². The second kappa shape index (κ2) is 5.19. The standard InChI is InChI=1S/C11H12F2N4O/c1-18-11(14)10-6-17(16-15-10)5-7-8(12)3-2-4-9(7)13/h2-4,6,11H,5,14H2,1H3/t11-/m1/s1. The van der Waals surface area contributed by atoms with Crippen molar-refractivity contribution in [3.8, 4) is 0 Å². The number of methoxy groups -OCH3 is 1. The van der Waals surface area contributed by atoms with Crippen LogP contribution in [0.3, 0.4) is 0 Å². The number of benzene rings is 1. The Morgan fingerprint density at radius 2 is 2.06 bits per heavy atom. The summed E-state index contributed by atoms with van der Waals surface area (Å²) in [5.74, 6) is -1.24. The van der Waals surface area contributed by atoms with Crippen LogP contribution in [0.15, 0.2) is 24.4 Å². The van der Waals surface area contributed by atoms with Crippen molar-refractivity contribution in [2.45, 2.75) is 12.8 Å². The second-order valence-electron chi connectivity index (χ2n) is 3.70. The van der Waals surface area contributed by atoms with Gasteiger partial charge in [0, 0.05) is 12.7 Å². The number of ether oxygens (including phenoxy) is 1. The molecule has 0 unspecified atom stereocenters. The van der Waals surface area contributed by atoms with Gasteiger partial charge in [-0.3, -0.25) is 0 Å². The topological polar surface area (TPSA) is 66.0 Å². The molecular formula is C11H12F2N4O. The number of nitrogens with zero attached hydrogens (tertiary/aromatic N) is 3. The molecule has 1 aromatic carbocycles. The van der Waals surface area contributed by atoms with E-state index in [4.69, 9.17) is 10.5 Å². The number of hydrogen-bond donors (Lipinski definition) is 1. The van der Waals surface area contributed by atoms with Crippen molar-refractivity contribution in [2.75, 3.05) is 7.11 Å². The predicted molar refractivity (Wildman–Crippen MR) is 59.4 cm³/mol. The van der Waals surface area contributed by atoms with Gasteiger partial charge in [-0.1, -0.05) is 11.3 Å². The first-order valence-corrected chi connectivity index (χ1v) is 5.23. The normalized spacial score (nSPS) is 12.7. The fourth-order valence-corrected chi connectivity index (χ4v) is 1.49. The molecule has 2 aromatic rings. The number of hydrogen-bond acceptors (Lipinski definition) is 4. The molecule has 0 saturated carbocycles. The Morgan fingerprint density at radius 3 is 2.67 bits per heavy atom. The Kier molecular flexibility index (Phi) is 3.63. The minimum atomic E-state index is -0.704. The molecule has 0 saturated heterocycles. The third-order valence-electron chi connectivity index (χ3n) is 2.48. The van der Waals surface area contributed by atoms with Gasteiger partial charge in [-0.15, -0.1) is 5.10 Å². The Labute approximate surface area is 102 Å².